The summed E-state index contributed by atoms with van der Waals surface area (Å²) in [7, 11) is 0. The third kappa shape index (κ3) is 3.62. The topological polar surface area (TPSA) is 46.4 Å². The molecule has 0 spiro atoms. The van der Waals surface area contributed by atoms with Crippen LogP contribution in [0.4, 0.5) is 10.1 Å². The highest BCUT2D eigenvalue weighted by molar-refractivity contribution is 6.04. The van der Waals surface area contributed by atoms with Crippen LogP contribution in [-0.4, -0.2) is 15.3 Å². The molecule has 3 aromatic rings. The molecular formula is C21H24FN3O. The van der Waals surface area contributed by atoms with Crippen molar-refractivity contribution in [1.82, 2.24) is 9.38 Å². The van der Waals surface area contributed by atoms with Crippen LogP contribution in [0.15, 0.2) is 42.6 Å². The van der Waals surface area contributed by atoms with Gasteiger partial charge in [0.1, 0.15) is 17.2 Å². The summed E-state index contributed by atoms with van der Waals surface area (Å²) in [6.07, 6.45) is 2.82. The van der Waals surface area contributed by atoms with Gasteiger partial charge in [-0.2, -0.15) is 0 Å². The van der Waals surface area contributed by atoms with Crippen molar-refractivity contribution in [2.75, 3.05) is 5.32 Å². The van der Waals surface area contributed by atoms with Gasteiger partial charge in [0, 0.05) is 11.9 Å². The first kappa shape index (κ1) is 18.1. The molecule has 1 N–H and O–H groups in total. The average molecular weight is 353 g/mol. The van der Waals surface area contributed by atoms with Crippen molar-refractivity contribution in [2.24, 2.45) is 0 Å². The molecule has 26 heavy (non-hydrogen) atoms. The Morgan fingerprint density at radius 1 is 1.15 bits per heavy atom. The second-order valence-corrected chi connectivity index (χ2v) is 7.51. The first-order valence-electron chi connectivity index (χ1n) is 8.88. The molecule has 0 saturated carbocycles. The molecule has 0 unspecified atom stereocenters. The summed E-state index contributed by atoms with van der Waals surface area (Å²) in [5.74, 6) is -0.684. The van der Waals surface area contributed by atoms with E-state index in [9.17, 15) is 9.18 Å². The fourth-order valence-electron chi connectivity index (χ4n) is 2.96. The maximum atomic E-state index is 13.7. The lowest BCUT2D eigenvalue weighted by molar-refractivity contribution is 0.102. The fraction of sp³-hybridized carbons (Fsp3) is 0.333. The molecule has 0 aliphatic rings. The Morgan fingerprint density at radius 3 is 2.46 bits per heavy atom. The highest BCUT2D eigenvalue weighted by Crippen LogP contribution is 2.24. The van der Waals surface area contributed by atoms with Crippen molar-refractivity contribution in [2.45, 2.75) is 46.0 Å². The third-order valence-corrected chi connectivity index (χ3v) is 4.37. The Bertz CT molecular complexity index is 936. The minimum Gasteiger partial charge on any atom is -0.321 e. The van der Waals surface area contributed by atoms with E-state index in [1.54, 1.807) is 6.07 Å². The van der Waals surface area contributed by atoms with Gasteiger partial charge in [0.15, 0.2) is 0 Å². The van der Waals surface area contributed by atoms with Gasteiger partial charge in [0.2, 0.25) is 0 Å². The van der Waals surface area contributed by atoms with Gasteiger partial charge in [-0.1, -0.05) is 46.2 Å². The maximum absolute atomic E-state index is 13.7. The van der Waals surface area contributed by atoms with Crippen molar-refractivity contribution in [1.29, 1.82) is 0 Å². The Balaban J connectivity index is 1.94. The zero-order valence-corrected chi connectivity index (χ0v) is 15.6. The molecule has 0 atom stereocenters. The largest absolute Gasteiger partial charge is 0.321 e. The SMILES string of the molecule is CCCc1nc2ccc(F)cn2c1C(=O)Nc1ccc(C(C)(C)C)cc1. The quantitative estimate of drug-likeness (QED) is 0.719. The van der Waals surface area contributed by atoms with E-state index in [-0.39, 0.29) is 11.3 Å². The number of carbonyl (C=O) groups excluding carboxylic acids is 1. The van der Waals surface area contributed by atoms with Crippen LogP contribution in [0.3, 0.4) is 0 Å². The van der Waals surface area contributed by atoms with E-state index in [1.807, 2.05) is 31.2 Å². The molecule has 3 rings (SSSR count). The Hall–Kier alpha value is -2.69. The summed E-state index contributed by atoms with van der Waals surface area (Å²) in [6.45, 7) is 8.46. The van der Waals surface area contributed by atoms with Crippen LogP contribution in [0.1, 0.15) is 55.9 Å². The molecule has 0 fully saturated rings. The molecule has 2 heterocycles. The standard InChI is InChI=1S/C21H24FN3O/c1-5-6-17-19(25-13-15(22)9-12-18(25)24-17)20(26)23-16-10-7-14(8-11-16)21(2,3)4/h7-13H,5-6H2,1-4H3,(H,23,26). The molecule has 4 nitrogen and oxygen atoms in total. The normalized spacial score (nSPS) is 11.7. The number of nitrogens with zero attached hydrogens (tertiary/aromatic N) is 2. The highest BCUT2D eigenvalue weighted by atomic mass is 19.1. The van der Waals surface area contributed by atoms with Crippen molar-refractivity contribution in [3.8, 4) is 0 Å². The minimum absolute atomic E-state index is 0.0516. The van der Waals surface area contributed by atoms with Crippen LogP contribution in [-0.2, 0) is 11.8 Å². The van der Waals surface area contributed by atoms with Crippen LogP contribution < -0.4 is 5.32 Å². The summed E-state index contributed by atoms with van der Waals surface area (Å²) in [6, 6.07) is 10.7. The van der Waals surface area contributed by atoms with Gasteiger partial charge >= 0.3 is 0 Å². The predicted molar refractivity (Wildman–Crippen MR) is 102 cm³/mol. The first-order chi connectivity index (χ1) is 12.3. The number of benzene rings is 1. The molecule has 5 heteroatoms. The van der Waals surface area contributed by atoms with Gasteiger partial charge in [-0.05, 0) is 41.7 Å². The summed E-state index contributed by atoms with van der Waals surface area (Å²) in [5, 5.41) is 2.91. The van der Waals surface area contributed by atoms with E-state index >= 15 is 0 Å². The highest BCUT2D eigenvalue weighted by Gasteiger charge is 2.20. The number of nitrogens with one attached hydrogen (secondary N) is 1. The zero-order valence-electron chi connectivity index (χ0n) is 15.6. The molecule has 1 aromatic carbocycles. The predicted octanol–water partition coefficient (Wildman–Crippen LogP) is 4.98. The number of fused-ring (bicyclic) bond motifs is 1. The Kier molecular flexibility index (Phi) is 4.81. The van der Waals surface area contributed by atoms with E-state index in [4.69, 9.17) is 0 Å². The number of imidazole rings is 1. The Labute approximate surface area is 153 Å². The van der Waals surface area contributed by atoms with E-state index < -0.39 is 5.82 Å². The van der Waals surface area contributed by atoms with Gasteiger partial charge in [0.05, 0.1) is 5.69 Å². The van der Waals surface area contributed by atoms with Crippen molar-refractivity contribution >= 4 is 17.2 Å². The molecular weight excluding hydrogens is 329 g/mol. The van der Waals surface area contributed by atoms with Crippen LogP contribution in [0.5, 0.6) is 0 Å². The number of pyridine rings is 1. The molecule has 1 amide bonds. The van der Waals surface area contributed by atoms with Gasteiger partial charge < -0.3 is 5.32 Å². The number of carbonyl (C=O) groups is 1. The van der Waals surface area contributed by atoms with E-state index in [1.165, 1.54) is 22.2 Å². The van der Waals surface area contributed by atoms with Gasteiger partial charge in [0.25, 0.3) is 5.91 Å². The zero-order chi connectivity index (χ0) is 18.9. The van der Waals surface area contributed by atoms with E-state index in [0.717, 1.165) is 6.42 Å². The summed E-state index contributed by atoms with van der Waals surface area (Å²) < 4.78 is 15.2. The third-order valence-electron chi connectivity index (χ3n) is 4.37. The summed E-state index contributed by atoms with van der Waals surface area (Å²) >= 11 is 0. The molecule has 0 bridgehead atoms. The second-order valence-electron chi connectivity index (χ2n) is 7.51. The number of aryl methyl sites for hydroxylation is 1. The maximum Gasteiger partial charge on any atom is 0.274 e. The van der Waals surface area contributed by atoms with E-state index in [2.05, 4.69) is 31.1 Å². The van der Waals surface area contributed by atoms with E-state index in [0.29, 0.717) is 29.1 Å². The summed E-state index contributed by atoms with van der Waals surface area (Å²) in [5.41, 5.74) is 3.60. The number of amides is 1. The van der Waals surface area contributed by atoms with Crippen LogP contribution in [0, 0.1) is 5.82 Å². The minimum atomic E-state index is -0.401. The number of hydrogen-bond donors (Lipinski definition) is 1. The van der Waals surface area contributed by atoms with Gasteiger partial charge in [-0.15, -0.1) is 0 Å². The van der Waals surface area contributed by atoms with Crippen LogP contribution in [0.2, 0.25) is 0 Å². The average Bonchev–Trinajstić information content (AvgIpc) is 2.92. The van der Waals surface area contributed by atoms with Crippen molar-refractivity contribution in [3.63, 3.8) is 0 Å². The van der Waals surface area contributed by atoms with Crippen molar-refractivity contribution in [3.05, 3.63) is 65.4 Å². The molecule has 0 aliphatic heterocycles. The molecule has 0 saturated heterocycles. The van der Waals surface area contributed by atoms with Gasteiger partial charge in [-0.25, -0.2) is 9.37 Å². The molecule has 2 aromatic heterocycles. The lowest BCUT2D eigenvalue weighted by Crippen LogP contribution is -2.17. The lowest BCUT2D eigenvalue weighted by Gasteiger charge is -2.19. The number of halogens is 1. The molecule has 0 aliphatic carbocycles. The number of aromatic nitrogens is 2. The second kappa shape index (κ2) is 6.90. The van der Waals surface area contributed by atoms with Gasteiger partial charge in [-0.3, -0.25) is 9.20 Å². The number of rotatable bonds is 4. The first-order valence-corrected chi connectivity index (χ1v) is 8.88. The van der Waals surface area contributed by atoms with Crippen LogP contribution >= 0.6 is 0 Å². The summed E-state index contributed by atoms with van der Waals surface area (Å²) in [4.78, 5) is 17.4. The Morgan fingerprint density at radius 2 is 1.85 bits per heavy atom. The monoisotopic (exact) mass is 353 g/mol. The van der Waals surface area contributed by atoms with Crippen LogP contribution in [0.25, 0.3) is 5.65 Å². The molecule has 136 valence electrons. The van der Waals surface area contributed by atoms with Crippen molar-refractivity contribution < 1.29 is 9.18 Å². The number of anilines is 1. The number of hydrogen-bond acceptors (Lipinski definition) is 2. The fourth-order valence-corrected chi connectivity index (χ4v) is 2.96. The lowest BCUT2D eigenvalue weighted by atomic mass is 9.87. The smallest absolute Gasteiger partial charge is 0.274 e. The molecule has 0 radical (unpaired) electrons.